The summed E-state index contributed by atoms with van der Waals surface area (Å²) in [6, 6.07) is 5.26. The molecule has 0 spiro atoms. The van der Waals surface area contributed by atoms with Gasteiger partial charge < -0.3 is 5.11 Å². The summed E-state index contributed by atoms with van der Waals surface area (Å²) in [5.74, 6) is -0.941. The number of tetrazole rings is 1. The second kappa shape index (κ2) is 4.89. The number of nitrogens with zero attached hydrogens (tertiary/aromatic N) is 5. The summed E-state index contributed by atoms with van der Waals surface area (Å²) in [6.07, 6.45) is 3.19. The molecule has 100 valence electrons. The molecule has 8 heteroatoms. The third-order valence-electron chi connectivity index (χ3n) is 2.74. The van der Waals surface area contributed by atoms with Crippen molar-refractivity contribution in [3.8, 4) is 0 Å². The fourth-order valence-electron chi connectivity index (χ4n) is 1.74. The van der Waals surface area contributed by atoms with Gasteiger partial charge in [-0.25, -0.2) is 4.79 Å². The van der Waals surface area contributed by atoms with Gasteiger partial charge in [0.2, 0.25) is 0 Å². The van der Waals surface area contributed by atoms with Gasteiger partial charge in [-0.05, 0) is 35.0 Å². The third kappa shape index (κ3) is 2.21. The van der Waals surface area contributed by atoms with E-state index >= 15 is 0 Å². The van der Waals surface area contributed by atoms with Gasteiger partial charge in [-0.1, -0.05) is 17.8 Å². The second-order valence-electron chi connectivity index (χ2n) is 4.08. The first kappa shape index (κ1) is 12.5. The fourth-order valence-corrected chi connectivity index (χ4v) is 2.62. The molecular formula is C12H9N5O2S. The van der Waals surface area contributed by atoms with Gasteiger partial charge in [0.05, 0.1) is 18.0 Å². The summed E-state index contributed by atoms with van der Waals surface area (Å²) in [6.45, 7) is 1.77. The van der Waals surface area contributed by atoms with E-state index < -0.39 is 5.97 Å². The van der Waals surface area contributed by atoms with Crippen molar-refractivity contribution in [1.29, 1.82) is 0 Å². The van der Waals surface area contributed by atoms with E-state index in [0.717, 1.165) is 10.5 Å². The molecule has 0 aliphatic carbocycles. The van der Waals surface area contributed by atoms with Crippen LogP contribution in [0.5, 0.6) is 0 Å². The zero-order chi connectivity index (χ0) is 14.1. The van der Waals surface area contributed by atoms with E-state index in [-0.39, 0.29) is 5.56 Å². The largest absolute Gasteiger partial charge is 0.478 e. The quantitative estimate of drug-likeness (QED) is 0.783. The van der Waals surface area contributed by atoms with E-state index in [1.807, 2.05) is 6.07 Å². The molecule has 0 fully saturated rings. The van der Waals surface area contributed by atoms with Crippen molar-refractivity contribution in [3.63, 3.8) is 0 Å². The summed E-state index contributed by atoms with van der Waals surface area (Å²) < 4.78 is 1.55. The first-order valence-electron chi connectivity index (χ1n) is 5.69. The molecule has 0 amide bonds. The van der Waals surface area contributed by atoms with Crippen LogP contribution >= 0.6 is 11.8 Å². The van der Waals surface area contributed by atoms with Crippen molar-refractivity contribution in [2.75, 3.05) is 0 Å². The molecule has 1 aromatic carbocycles. The Kier molecular flexibility index (Phi) is 3.07. The molecule has 0 aliphatic rings. The standard InChI is InChI=1S/C12H9N5O2S/c1-7-2-3-8(4-9(7)12(18)19)20-11-6-13-5-10-14-15-16-17(10)11/h2-6H,1H3,(H,18,19). The second-order valence-corrected chi connectivity index (χ2v) is 5.17. The molecule has 3 rings (SSSR count). The third-order valence-corrected chi connectivity index (χ3v) is 3.72. The molecule has 0 saturated heterocycles. The van der Waals surface area contributed by atoms with Crippen LogP contribution in [0.15, 0.2) is 40.5 Å². The average Bonchev–Trinajstić information content (AvgIpc) is 2.90. The Labute approximate surface area is 117 Å². The zero-order valence-corrected chi connectivity index (χ0v) is 11.2. The topological polar surface area (TPSA) is 93.3 Å². The number of aryl methyl sites for hydroxylation is 1. The molecule has 3 aromatic rings. The summed E-state index contributed by atoms with van der Waals surface area (Å²) in [5.41, 5.74) is 1.55. The molecule has 0 atom stereocenters. The molecule has 0 unspecified atom stereocenters. The number of rotatable bonds is 3. The maximum atomic E-state index is 11.1. The number of hydrogen-bond acceptors (Lipinski definition) is 6. The van der Waals surface area contributed by atoms with Gasteiger partial charge in [0.25, 0.3) is 0 Å². The minimum absolute atomic E-state index is 0.284. The van der Waals surface area contributed by atoms with Crippen LogP contribution in [0.4, 0.5) is 0 Å². The molecule has 20 heavy (non-hydrogen) atoms. The lowest BCUT2D eigenvalue weighted by molar-refractivity contribution is 0.0696. The highest BCUT2D eigenvalue weighted by molar-refractivity contribution is 7.99. The van der Waals surface area contributed by atoms with Gasteiger partial charge in [-0.2, -0.15) is 4.52 Å². The number of carboxylic acid groups (broad SMARTS) is 1. The van der Waals surface area contributed by atoms with Gasteiger partial charge >= 0.3 is 5.97 Å². The highest BCUT2D eigenvalue weighted by Gasteiger charge is 2.10. The average molecular weight is 287 g/mol. The van der Waals surface area contributed by atoms with Crippen molar-refractivity contribution >= 4 is 23.4 Å². The Morgan fingerprint density at radius 2 is 2.20 bits per heavy atom. The molecule has 0 radical (unpaired) electrons. The van der Waals surface area contributed by atoms with Gasteiger partial charge in [-0.15, -0.1) is 5.10 Å². The Morgan fingerprint density at radius 1 is 1.35 bits per heavy atom. The van der Waals surface area contributed by atoms with Crippen LogP contribution in [0, 0.1) is 6.92 Å². The Hall–Kier alpha value is -2.48. The Balaban J connectivity index is 2.01. The van der Waals surface area contributed by atoms with Crippen LogP contribution < -0.4 is 0 Å². The predicted octanol–water partition coefficient (Wildman–Crippen LogP) is 1.68. The van der Waals surface area contributed by atoms with Crippen LogP contribution in [-0.2, 0) is 0 Å². The lowest BCUT2D eigenvalue weighted by Gasteiger charge is -2.05. The number of benzene rings is 1. The van der Waals surface area contributed by atoms with E-state index in [1.165, 1.54) is 11.8 Å². The number of carboxylic acids is 1. The van der Waals surface area contributed by atoms with E-state index in [1.54, 1.807) is 36.0 Å². The van der Waals surface area contributed by atoms with Crippen LogP contribution in [0.2, 0.25) is 0 Å². The summed E-state index contributed by atoms with van der Waals surface area (Å²) >= 11 is 1.36. The van der Waals surface area contributed by atoms with Crippen LogP contribution in [0.3, 0.4) is 0 Å². The molecule has 7 nitrogen and oxygen atoms in total. The first-order valence-corrected chi connectivity index (χ1v) is 6.51. The Bertz CT molecular complexity index is 801. The maximum absolute atomic E-state index is 11.1. The van der Waals surface area contributed by atoms with Crippen LogP contribution in [-0.4, -0.2) is 36.1 Å². The molecular weight excluding hydrogens is 278 g/mol. The highest BCUT2D eigenvalue weighted by Crippen LogP contribution is 2.28. The number of aromatic nitrogens is 5. The van der Waals surface area contributed by atoms with Gasteiger partial charge in [0.15, 0.2) is 5.65 Å². The summed E-state index contributed by atoms with van der Waals surface area (Å²) in [4.78, 5) is 16.0. The minimum atomic E-state index is -0.941. The van der Waals surface area contributed by atoms with Crippen molar-refractivity contribution in [2.24, 2.45) is 0 Å². The minimum Gasteiger partial charge on any atom is -0.478 e. The lowest BCUT2D eigenvalue weighted by Crippen LogP contribution is -2.00. The van der Waals surface area contributed by atoms with Crippen molar-refractivity contribution in [1.82, 2.24) is 25.0 Å². The maximum Gasteiger partial charge on any atom is 0.335 e. The molecule has 0 saturated carbocycles. The van der Waals surface area contributed by atoms with E-state index in [4.69, 9.17) is 5.11 Å². The van der Waals surface area contributed by atoms with Gasteiger partial charge in [-0.3, -0.25) is 4.98 Å². The zero-order valence-electron chi connectivity index (χ0n) is 10.4. The SMILES string of the molecule is Cc1ccc(Sc2cncc3nnnn23)cc1C(=O)O. The molecule has 0 bridgehead atoms. The first-order chi connectivity index (χ1) is 9.65. The number of hydrogen-bond donors (Lipinski definition) is 1. The van der Waals surface area contributed by atoms with E-state index in [0.29, 0.717) is 10.7 Å². The molecule has 1 N–H and O–H groups in total. The summed E-state index contributed by atoms with van der Waals surface area (Å²) in [5, 5.41) is 21.1. The molecule has 2 heterocycles. The monoisotopic (exact) mass is 287 g/mol. The van der Waals surface area contributed by atoms with E-state index in [2.05, 4.69) is 20.5 Å². The van der Waals surface area contributed by atoms with Crippen LogP contribution in [0.25, 0.3) is 5.65 Å². The van der Waals surface area contributed by atoms with E-state index in [9.17, 15) is 4.79 Å². The van der Waals surface area contributed by atoms with Crippen molar-refractivity contribution in [3.05, 3.63) is 41.7 Å². The van der Waals surface area contributed by atoms with Crippen molar-refractivity contribution in [2.45, 2.75) is 16.8 Å². The fraction of sp³-hybridized carbons (Fsp3) is 0.0833. The summed E-state index contributed by atoms with van der Waals surface area (Å²) in [7, 11) is 0. The molecule has 2 aromatic heterocycles. The predicted molar refractivity (Wildman–Crippen MR) is 70.8 cm³/mol. The molecule has 0 aliphatic heterocycles. The van der Waals surface area contributed by atoms with Crippen LogP contribution in [0.1, 0.15) is 15.9 Å². The number of aromatic carboxylic acids is 1. The van der Waals surface area contributed by atoms with Gasteiger partial charge in [0, 0.05) is 4.90 Å². The van der Waals surface area contributed by atoms with Gasteiger partial charge in [0.1, 0.15) is 5.03 Å². The Morgan fingerprint density at radius 3 is 3.00 bits per heavy atom. The van der Waals surface area contributed by atoms with Crippen molar-refractivity contribution < 1.29 is 9.90 Å². The number of carbonyl (C=O) groups is 1. The smallest absolute Gasteiger partial charge is 0.335 e. The number of fused-ring (bicyclic) bond motifs is 1. The lowest BCUT2D eigenvalue weighted by atomic mass is 10.1. The normalized spacial score (nSPS) is 10.8. The highest BCUT2D eigenvalue weighted by atomic mass is 32.2.